The second-order valence-corrected chi connectivity index (χ2v) is 7.93. The predicted octanol–water partition coefficient (Wildman–Crippen LogP) is 1.57. The fourth-order valence-corrected chi connectivity index (χ4v) is 3.69. The van der Waals surface area contributed by atoms with Crippen molar-refractivity contribution in [2.24, 2.45) is 0 Å². The van der Waals surface area contributed by atoms with Crippen LogP contribution in [-0.4, -0.2) is 70.1 Å². The maximum atomic E-state index is 4.83. The van der Waals surface area contributed by atoms with Crippen LogP contribution in [0.4, 0.5) is 17.6 Å². The summed E-state index contributed by atoms with van der Waals surface area (Å²) in [5, 5.41) is 13.5. The Bertz CT molecular complexity index is 988. The van der Waals surface area contributed by atoms with E-state index < -0.39 is 0 Å². The van der Waals surface area contributed by atoms with Gasteiger partial charge in [0.15, 0.2) is 11.5 Å². The zero-order valence-corrected chi connectivity index (χ0v) is 16.5. The van der Waals surface area contributed by atoms with Gasteiger partial charge in [0.1, 0.15) is 11.6 Å². The second kappa shape index (κ2) is 6.57. The predicted molar refractivity (Wildman–Crippen MR) is 108 cm³/mol. The summed E-state index contributed by atoms with van der Waals surface area (Å²) in [5.74, 6) is 4.16. The van der Waals surface area contributed by atoms with Crippen molar-refractivity contribution in [3.05, 3.63) is 30.2 Å². The average molecular weight is 379 g/mol. The Balaban J connectivity index is 1.30. The van der Waals surface area contributed by atoms with Crippen LogP contribution in [0.1, 0.15) is 31.0 Å². The number of anilines is 3. The van der Waals surface area contributed by atoms with Gasteiger partial charge in [-0.2, -0.15) is 9.50 Å². The van der Waals surface area contributed by atoms with Crippen LogP contribution < -0.4 is 14.7 Å². The summed E-state index contributed by atoms with van der Waals surface area (Å²) in [5.41, 5.74) is 0.828. The molecule has 0 spiro atoms. The molecule has 0 bridgehead atoms. The maximum absolute atomic E-state index is 4.83. The molecule has 0 amide bonds. The summed E-state index contributed by atoms with van der Waals surface area (Å²) in [4.78, 5) is 15.5. The molecule has 3 aromatic rings. The highest BCUT2D eigenvalue weighted by molar-refractivity contribution is 5.51. The molecular formula is C19H25N9. The molecule has 28 heavy (non-hydrogen) atoms. The molecule has 9 heteroatoms. The SMILES string of the molecule is CN(C)c1ccnc(N(C)C2CN(c3ccc4nnc(C5CCC5)n4n3)C2)n1. The molecule has 2 aliphatic rings. The Morgan fingerprint density at radius 2 is 1.86 bits per heavy atom. The molecule has 1 saturated heterocycles. The van der Waals surface area contributed by atoms with Crippen LogP contribution in [0, 0.1) is 0 Å². The highest BCUT2D eigenvalue weighted by Gasteiger charge is 2.33. The minimum atomic E-state index is 0.363. The van der Waals surface area contributed by atoms with Crippen molar-refractivity contribution in [3.63, 3.8) is 0 Å². The summed E-state index contributed by atoms with van der Waals surface area (Å²) in [6, 6.07) is 6.33. The zero-order chi connectivity index (χ0) is 19.3. The first-order chi connectivity index (χ1) is 13.6. The molecule has 0 unspecified atom stereocenters. The van der Waals surface area contributed by atoms with Gasteiger partial charge < -0.3 is 14.7 Å². The Hall–Kier alpha value is -2.97. The Morgan fingerprint density at radius 3 is 2.57 bits per heavy atom. The van der Waals surface area contributed by atoms with E-state index in [2.05, 4.69) is 37.0 Å². The Labute approximate surface area is 164 Å². The van der Waals surface area contributed by atoms with Gasteiger partial charge in [0, 0.05) is 46.3 Å². The van der Waals surface area contributed by atoms with Crippen LogP contribution in [0.5, 0.6) is 0 Å². The van der Waals surface area contributed by atoms with E-state index in [1.807, 2.05) is 47.9 Å². The van der Waals surface area contributed by atoms with E-state index in [9.17, 15) is 0 Å². The standard InChI is InChI=1S/C19H25N9/c1-25(2)15-9-10-20-19(21-15)26(3)14-11-27(12-14)17-8-7-16-22-23-18(28(16)24-17)13-5-4-6-13/h7-10,13-14H,4-6,11-12H2,1-3H3. The van der Waals surface area contributed by atoms with Crippen molar-refractivity contribution < 1.29 is 0 Å². The highest BCUT2D eigenvalue weighted by Crippen LogP contribution is 2.35. The van der Waals surface area contributed by atoms with Crippen molar-refractivity contribution in [3.8, 4) is 0 Å². The molecule has 4 heterocycles. The van der Waals surface area contributed by atoms with Crippen molar-refractivity contribution in [2.75, 3.05) is 48.9 Å². The summed E-state index contributed by atoms with van der Waals surface area (Å²) >= 11 is 0. The third-order valence-corrected chi connectivity index (χ3v) is 5.88. The molecular weight excluding hydrogens is 354 g/mol. The zero-order valence-electron chi connectivity index (χ0n) is 16.5. The third kappa shape index (κ3) is 2.81. The fourth-order valence-electron chi connectivity index (χ4n) is 3.69. The van der Waals surface area contributed by atoms with Gasteiger partial charge in [-0.25, -0.2) is 4.98 Å². The number of hydrogen-bond acceptors (Lipinski definition) is 8. The molecule has 0 aromatic carbocycles. The van der Waals surface area contributed by atoms with Gasteiger partial charge in [-0.1, -0.05) is 6.42 Å². The molecule has 3 aromatic heterocycles. The molecule has 2 fully saturated rings. The molecule has 1 aliphatic heterocycles. The van der Waals surface area contributed by atoms with Crippen molar-refractivity contribution in [2.45, 2.75) is 31.2 Å². The third-order valence-electron chi connectivity index (χ3n) is 5.88. The molecule has 5 rings (SSSR count). The molecule has 0 atom stereocenters. The quantitative estimate of drug-likeness (QED) is 0.661. The topological polar surface area (TPSA) is 78.6 Å². The van der Waals surface area contributed by atoms with Gasteiger partial charge in [-0.15, -0.1) is 15.3 Å². The number of hydrogen-bond donors (Lipinski definition) is 0. The van der Waals surface area contributed by atoms with Gasteiger partial charge in [0.05, 0.1) is 6.04 Å². The lowest BCUT2D eigenvalue weighted by Crippen LogP contribution is -2.59. The van der Waals surface area contributed by atoms with E-state index in [1.54, 1.807) is 0 Å². The first-order valence-electron chi connectivity index (χ1n) is 9.80. The lowest BCUT2D eigenvalue weighted by molar-refractivity contribution is 0.394. The fraction of sp³-hybridized carbons (Fsp3) is 0.526. The largest absolute Gasteiger partial charge is 0.363 e. The van der Waals surface area contributed by atoms with Gasteiger partial charge in [-0.05, 0) is 31.0 Å². The van der Waals surface area contributed by atoms with Crippen LogP contribution in [-0.2, 0) is 0 Å². The van der Waals surface area contributed by atoms with Crippen LogP contribution >= 0.6 is 0 Å². The summed E-state index contributed by atoms with van der Waals surface area (Å²) < 4.78 is 1.93. The van der Waals surface area contributed by atoms with Crippen LogP contribution in [0.15, 0.2) is 24.4 Å². The number of aromatic nitrogens is 6. The number of fused-ring (bicyclic) bond motifs is 1. The molecule has 9 nitrogen and oxygen atoms in total. The minimum Gasteiger partial charge on any atom is -0.363 e. The van der Waals surface area contributed by atoms with Gasteiger partial charge in [0.2, 0.25) is 5.95 Å². The first kappa shape index (κ1) is 17.2. The molecule has 0 radical (unpaired) electrons. The van der Waals surface area contributed by atoms with Crippen molar-refractivity contribution in [1.82, 2.24) is 29.8 Å². The van der Waals surface area contributed by atoms with Crippen molar-refractivity contribution in [1.29, 1.82) is 0 Å². The first-order valence-corrected chi connectivity index (χ1v) is 9.80. The summed E-state index contributed by atoms with van der Waals surface area (Å²) in [6.45, 7) is 1.79. The number of nitrogens with zero attached hydrogens (tertiary/aromatic N) is 9. The molecule has 0 N–H and O–H groups in total. The lowest BCUT2D eigenvalue weighted by Gasteiger charge is -2.44. The van der Waals surface area contributed by atoms with E-state index in [0.29, 0.717) is 12.0 Å². The number of likely N-dealkylation sites (N-methyl/N-ethyl adjacent to an activating group) is 1. The molecule has 1 aliphatic carbocycles. The molecule has 1 saturated carbocycles. The summed E-state index contributed by atoms with van der Waals surface area (Å²) in [7, 11) is 6.03. The highest BCUT2D eigenvalue weighted by atomic mass is 15.4. The monoisotopic (exact) mass is 379 g/mol. The van der Waals surface area contributed by atoms with Gasteiger partial charge in [-0.3, -0.25) is 0 Å². The second-order valence-electron chi connectivity index (χ2n) is 7.93. The van der Waals surface area contributed by atoms with Crippen LogP contribution in [0.2, 0.25) is 0 Å². The Kier molecular flexibility index (Phi) is 4.03. The van der Waals surface area contributed by atoms with E-state index in [0.717, 1.165) is 42.1 Å². The minimum absolute atomic E-state index is 0.363. The molecule has 146 valence electrons. The van der Waals surface area contributed by atoms with Crippen LogP contribution in [0.3, 0.4) is 0 Å². The normalized spacial score (nSPS) is 17.5. The van der Waals surface area contributed by atoms with Gasteiger partial charge in [0.25, 0.3) is 0 Å². The van der Waals surface area contributed by atoms with E-state index in [4.69, 9.17) is 5.10 Å². The average Bonchev–Trinajstić information content (AvgIpc) is 3.02. The summed E-state index contributed by atoms with van der Waals surface area (Å²) in [6.07, 6.45) is 5.47. The van der Waals surface area contributed by atoms with E-state index >= 15 is 0 Å². The smallest absolute Gasteiger partial charge is 0.227 e. The number of rotatable bonds is 5. The Morgan fingerprint density at radius 1 is 1.04 bits per heavy atom. The van der Waals surface area contributed by atoms with Gasteiger partial charge >= 0.3 is 0 Å². The van der Waals surface area contributed by atoms with Crippen molar-refractivity contribution >= 4 is 23.2 Å². The maximum Gasteiger partial charge on any atom is 0.227 e. The van der Waals surface area contributed by atoms with E-state index in [1.165, 1.54) is 19.3 Å². The van der Waals surface area contributed by atoms with E-state index in [-0.39, 0.29) is 0 Å². The van der Waals surface area contributed by atoms with Crippen LogP contribution in [0.25, 0.3) is 5.65 Å². The lowest BCUT2D eigenvalue weighted by atomic mass is 9.85.